The lowest BCUT2D eigenvalue weighted by Gasteiger charge is -2.11. The Labute approximate surface area is 192 Å². The van der Waals surface area contributed by atoms with Crippen LogP contribution >= 0.6 is 11.8 Å². The van der Waals surface area contributed by atoms with Crippen LogP contribution in [-0.4, -0.2) is 29.1 Å². The highest BCUT2D eigenvalue weighted by molar-refractivity contribution is 8.18. The first-order valence-electron chi connectivity index (χ1n) is 9.83. The van der Waals surface area contributed by atoms with Crippen LogP contribution in [-0.2, 0) is 22.7 Å². The first-order valence-corrected chi connectivity index (χ1v) is 10.6. The number of carbonyl (C=O) groups is 3. The zero-order chi connectivity index (χ0) is 23.4. The van der Waals surface area contributed by atoms with Crippen molar-refractivity contribution in [2.45, 2.75) is 13.2 Å². The topological polar surface area (TPSA) is 86.0 Å². The molecule has 1 aromatic heterocycles. The third-order valence-electron chi connectivity index (χ3n) is 4.75. The fourth-order valence-corrected chi connectivity index (χ4v) is 3.91. The van der Waals surface area contributed by atoms with Crippen molar-refractivity contribution in [3.05, 3.63) is 94.0 Å². The Morgan fingerprint density at radius 3 is 2.61 bits per heavy atom. The van der Waals surface area contributed by atoms with Crippen molar-refractivity contribution >= 4 is 35.0 Å². The number of furan rings is 1. The van der Waals surface area contributed by atoms with Crippen molar-refractivity contribution < 1.29 is 32.7 Å². The van der Waals surface area contributed by atoms with Crippen molar-refractivity contribution in [1.29, 1.82) is 0 Å². The normalized spacial score (nSPS) is 14.7. The summed E-state index contributed by atoms with van der Waals surface area (Å²) in [5.74, 6) is -0.667. The molecule has 0 radical (unpaired) electrons. The molecule has 0 atom stereocenters. The zero-order valence-electron chi connectivity index (χ0n) is 17.4. The lowest BCUT2D eigenvalue weighted by Crippen LogP contribution is -2.27. The van der Waals surface area contributed by atoms with Crippen molar-refractivity contribution in [2.75, 3.05) is 7.11 Å². The second kappa shape index (κ2) is 9.74. The number of amides is 2. The number of hydrogen-bond donors (Lipinski definition) is 0. The highest BCUT2D eigenvalue weighted by atomic mass is 32.2. The molecule has 0 bridgehead atoms. The predicted molar refractivity (Wildman–Crippen MR) is 119 cm³/mol. The summed E-state index contributed by atoms with van der Waals surface area (Å²) in [4.78, 5) is 38.1. The number of ether oxygens (including phenoxy) is 2. The van der Waals surface area contributed by atoms with Gasteiger partial charge in [0.1, 0.15) is 23.9 Å². The number of esters is 1. The molecule has 0 saturated carbocycles. The van der Waals surface area contributed by atoms with Gasteiger partial charge in [0.15, 0.2) is 0 Å². The minimum Gasteiger partial charge on any atom is -0.488 e. The van der Waals surface area contributed by atoms with Gasteiger partial charge in [-0.05, 0) is 53.7 Å². The standard InChI is InChI=1S/C24H18FNO6S/c1-30-23(28)20-11-10-18(32-20)13-26-22(27)21(33-24(26)29)12-16-4-2-3-5-19(16)31-14-15-6-8-17(25)9-7-15/h2-12H,13-14H2,1H3. The van der Waals surface area contributed by atoms with Gasteiger partial charge in [-0.15, -0.1) is 0 Å². The van der Waals surface area contributed by atoms with E-state index < -0.39 is 17.1 Å². The summed E-state index contributed by atoms with van der Waals surface area (Å²) in [5.41, 5.74) is 1.41. The van der Waals surface area contributed by atoms with E-state index >= 15 is 0 Å². The molecule has 4 rings (SSSR count). The van der Waals surface area contributed by atoms with Gasteiger partial charge in [0.2, 0.25) is 5.76 Å². The van der Waals surface area contributed by atoms with Gasteiger partial charge < -0.3 is 13.9 Å². The molecule has 3 aromatic rings. The van der Waals surface area contributed by atoms with Gasteiger partial charge in [-0.25, -0.2) is 9.18 Å². The van der Waals surface area contributed by atoms with E-state index in [1.807, 2.05) is 0 Å². The Hall–Kier alpha value is -3.85. The molecule has 0 unspecified atom stereocenters. The number of halogens is 1. The van der Waals surface area contributed by atoms with Crippen molar-refractivity contribution in [1.82, 2.24) is 4.90 Å². The van der Waals surface area contributed by atoms with Crippen LogP contribution in [0.4, 0.5) is 9.18 Å². The Balaban J connectivity index is 1.48. The Morgan fingerprint density at radius 1 is 1.09 bits per heavy atom. The molecule has 1 aliphatic rings. The first-order chi connectivity index (χ1) is 15.9. The molecule has 7 nitrogen and oxygen atoms in total. The summed E-state index contributed by atoms with van der Waals surface area (Å²) >= 11 is 0.806. The lowest BCUT2D eigenvalue weighted by atomic mass is 10.1. The first kappa shape index (κ1) is 22.3. The number of nitrogens with zero attached hydrogens (tertiary/aromatic N) is 1. The molecule has 0 N–H and O–H groups in total. The lowest BCUT2D eigenvalue weighted by molar-refractivity contribution is -0.123. The van der Waals surface area contributed by atoms with E-state index in [2.05, 4.69) is 4.74 Å². The molecule has 168 valence electrons. The molecule has 2 aromatic carbocycles. The van der Waals surface area contributed by atoms with Gasteiger partial charge in [-0.1, -0.05) is 30.3 Å². The molecule has 1 saturated heterocycles. The van der Waals surface area contributed by atoms with E-state index in [0.29, 0.717) is 11.3 Å². The maximum atomic E-state index is 13.1. The quantitative estimate of drug-likeness (QED) is 0.356. The van der Waals surface area contributed by atoms with Crippen LogP contribution in [0.25, 0.3) is 6.08 Å². The Bertz CT molecular complexity index is 1230. The summed E-state index contributed by atoms with van der Waals surface area (Å²) in [6, 6.07) is 16.0. The molecular weight excluding hydrogens is 449 g/mol. The van der Waals surface area contributed by atoms with Gasteiger partial charge in [0, 0.05) is 5.56 Å². The van der Waals surface area contributed by atoms with Crippen LogP contribution in [0.3, 0.4) is 0 Å². The number of hydrogen-bond acceptors (Lipinski definition) is 7. The second-order valence-electron chi connectivity index (χ2n) is 6.98. The minimum absolute atomic E-state index is 0.0118. The van der Waals surface area contributed by atoms with Crippen LogP contribution in [0.5, 0.6) is 5.75 Å². The number of imide groups is 1. The van der Waals surface area contributed by atoms with Crippen molar-refractivity contribution in [2.24, 2.45) is 0 Å². The van der Waals surface area contributed by atoms with E-state index in [1.54, 1.807) is 42.5 Å². The molecule has 2 amide bonds. The summed E-state index contributed by atoms with van der Waals surface area (Å²) < 4.78 is 28.9. The average molecular weight is 467 g/mol. The summed E-state index contributed by atoms with van der Waals surface area (Å²) in [7, 11) is 1.23. The van der Waals surface area contributed by atoms with Gasteiger partial charge >= 0.3 is 5.97 Å². The van der Waals surface area contributed by atoms with E-state index in [4.69, 9.17) is 9.15 Å². The highest BCUT2D eigenvalue weighted by Gasteiger charge is 2.36. The maximum Gasteiger partial charge on any atom is 0.373 e. The minimum atomic E-state index is -0.646. The van der Waals surface area contributed by atoms with Gasteiger partial charge in [0.05, 0.1) is 18.6 Å². The second-order valence-corrected chi connectivity index (χ2v) is 7.97. The van der Waals surface area contributed by atoms with E-state index in [1.165, 1.54) is 31.4 Å². The van der Waals surface area contributed by atoms with Crippen LogP contribution in [0.15, 0.2) is 70.0 Å². The van der Waals surface area contributed by atoms with E-state index in [0.717, 1.165) is 22.2 Å². The maximum absolute atomic E-state index is 13.1. The Morgan fingerprint density at radius 2 is 1.85 bits per heavy atom. The predicted octanol–water partition coefficient (Wildman–Crippen LogP) is 5.02. The number of methoxy groups -OCH3 is 1. The van der Waals surface area contributed by atoms with E-state index in [9.17, 15) is 18.8 Å². The molecule has 9 heteroatoms. The Kier molecular flexibility index (Phi) is 6.60. The number of rotatable bonds is 7. The zero-order valence-corrected chi connectivity index (χ0v) is 18.3. The summed E-state index contributed by atoms with van der Waals surface area (Å²) in [6.07, 6.45) is 1.59. The van der Waals surface area contributed by atoms with Crippen molar-refractivity contribution in [3.8, 4) is 5.75 Å². The number of para-hydroxylation sites is 1. The number of carbonyl (C=O) groups excluding carboxylic acids is 3. The average Bonchev–Trinajstić information content (AvgIpc) is 3.39. The largest absolute Gasteiger partial charge is 0.488 e. The SMILES string of the molecule is COC(=O)c1ccc(CN2C(=O)SC(=Cc3ccccc3OCc3ccc(F)cc3)C2=O)o1. The number of thioether (sulfide) groups is 1. The van der Waals surface area contributed by atoms with Crippen LogP contribution in [0, 0.1) is 5.82 Å². The summed E-state index contributed by atoms with van der Waals surface area (Å²) in [5, 5.41) is -0.452. The monoisotopic (exact) mass is 467 g/mol. The third kappa shape index (κ3) is 5.15. The smallest absolute Gasteiger partial charge is 0.373 e. The van der Waals surface area contributed by atoms with E-state index in [-0.39, 0.29) is 35.4 Å². The molecule has 0 spiro atoms. The van der Waals surface area contributed by atoms with Gasteiger partial charge in [-0.3, -0.25) is 14.5 Å². The van der Waals surface area contributed by atoms with Gasteiger partial charge in [0.25, 0.3) is 11.1 Å². The molecule has 2 heterocycles. The highest BCUT2D eigenvalue weighted by Crippen LogP contribution is 2.35. The third-order valence-corrected chi connectivity index (χ3v) is 5.66. The fourth-order valence-electron chi connectivity index (χ4n) is 3.08. The molecule has 33 heavy (non-hydrogen) atoms. The van der Waals surface area contributed by atoms with Crippen LogP contribution < -0.4 is 4.74 Å². The van der Waals surface area contributed by atoms with Crippen LogP contribution in [0.2, 0.25) is 0 Å². The van der Waals surface area contributed by atoms with Gasteiger partial charge in [-0.2, -0.15) is 0 Å². The number of benzene rings is 2. The van der Waals surface area contributed by atoms with Crippen LogP contribution in [0.1, 0.15) is 27.4 Å². The molecule has 0 aliphatic carbocycles. The fraction of sp³-hybridized carbons (Fsp3) is 0.125. The molecular formula is C24H18FNO6S. The summed E-state index contributed by atoms with van der Waals surface area (Å²) in [6.45, 7) is 0.106. The molecule has 1 fully saturated rings. The van der Waals surface area contributed by atoms with Crippen molar-refractivity contribution in [3.63, 3.8) is 0 Å². The molecule has 1 aliphatic heterocycles.